The molecule has 10 heteroatoms. The number of hydrogen-bond donors (Lipinski definition) is 2. The number of rotatable bonds is 7. The Hall–Kier alpha value is -2.49. The van der Waals surface area contributed by atoms with Gasteiger partial charge in [0.1, 0.15) is 11.9 Å². The molecule has 2 aliphatic rings. The lowest BCUT2D eigenvalue weighted by Gasteiger charge is -2.14. The highest BCUT2D eigenvalue weighted by molar-refractivity contribution is 7.91. The molecule has 1 aromatic carbocycles. The van der Waals surface area contributed by atoms with Gasteiger partial charge in [0.15, 0.2) is 9.84 Å². The molecule has 2 fully saturated rings. The van der Waals surface area contributed by atoms with Crippen molar-refractivity contribution in [1.29, 1.82) is 0 Å². The van der Waals surface area contributed by atoms with Gasteiger partial charge in [-0.15, -0.1) is 0 Å². The SMILES string of the molecule is O=C(CC[C@@H]1NC(=O)N(CCc2cccc(F)c2)C1=O)N[C@@H]1CCS(=O)(=O)C1. The summed E-state index contributed by atoms with van der Waals surface area (Å²) in [6.45, 7) is 0.122. The van der Waals surface area contributed by atoms with E-state index in [1.54, 1.807) is 12.1 Å². The molecule has 8 nitrogen and oxygen atoms in total. The van der Waals surface area contributed by atoms with Crippen molar-refractivity contribution >= 4 is 27.7 Å². The fraction of sp³-hybridized carbons (Fsp3) is 0.500. The van der Waals surface area contributed by atoms with E-state index in [-0.39, 0.29) is 42.6 Å². The van der Waals surface area contributed by atoms with Crippen molar-refractivity contribution < 1.29 is 27.2 Å². The van der Waals surface area contributed by atoms with Crippen LogP contribution in [0.4, 0.5) is 9.18 Å². The second-order valence-electron chi connectivity index (χ2n) is 7.08. The summed E-state index contributed by atoms with van der Waals surface area (Å²) < 4.78 is 36.1. The highest BCUT2D eigenvalue weighted by atomic mass is 32.2. The number of nitrogens with one attached hydrogen (secondary N) is 2. The molecule has 1 aromatic rings. The molecular formula is C18H22FN3O5S. The van der Waals surface area contributed by atoms with Crippen LogP contribution in [0.2, 0.25) is 0 Å². The molecule has 28 heavy (non-hydrogen) atoms. The molecule has 0 unspecified atom stereocenters. The van der Waals surface area contributed by atoms with E-state index in [2.05, 4.69) is 10.6 Å². The zero-order valence-corrected chi connectivity index (χ0v) is 16.0. The molecule has 0 saturated carbocycles. The summed E-state index contributed by atoms with van der Waals surface area (Å²) in [5, 5.41) is 5.21. The first kappa shape index (κ1) is 20.2. The Morgan fingerprint density at radius 2 is 2.11 bits per heavy atom. The van der Waals surface area contributed by atoms with E-state index < -0.39 is 33.9 Å². The second kappa shape index (κ2) is 8.26. The molecule has 152 valence electrons. The Morgan fingerprint density at radius 1 is 1.32 bits per heavy atom. The maximum atomic E-state index is 13.2. The van der Waals surface area contributed by atoms with Gasteiger partial charge < -0.3 is 10.6 Å². The molecule has 0 aliphatic carbocycles. The van der Waals surface area contributed by atoms with Crippen molar-refractivity contribution in [2.24, 2.45) is 0 Å². The lowest BCUT2D eigenvalue weighted by molar-refractivity contribution is -0.127. The van der Waals surface area contributed by atoms with Gasteiger partial charge in [0, 0.05) is 19.0 Å². The fourth-order valence-electron chi connectivity index (χ4n) is 3.40. The summed E-state index contributed by atoms with van der Waals surface area (Å²) >= 11 is 0. The van der Waals surface area contributed by atoms with Gasteiger partial charge in [-0.2, -0.15) is 0 Å². The summed E-state index contributed by atoms with van der Waals surface area (Å²) in [7, 11) is -3.08. The Balaban J connectivity index is 1.46. The van der Waals surface area contributed by atoms with E-state index in [0.717, 1.165) is 4.90 Å². The standard InChI is InChI=1S/C18H22FN3O5S/c19-13-3-1-2-12(10-13)6-8-22-17(24)15(21-18(22)25)4-5-16(23)20-14-7-9-28(26,27)11-14/h1-3,10,14-15H,4-9,11H2,(H,20,23)(H,21,25)/t14-,15+/m1/s1. The quantitative estimate of drug-likeness (QED) is 0.630. The van der Waals surface area contributed by atoms with E-state index in [9.17, 15) is 27.2 Å². The smallest absolute Gasteiger partial charge is 0.324 e. The van der Waals surface area contributed by atoms with Crippen molar-refractivity contribution in [3.63, 3.8) is 0 Å². The van der Waals surface area contributed by atoms with Crippen molar-refractivity contribution in [2.75, 3.05) is 18.1 Å². The van der Waals surface area contributed by atoms with Crippen LogP contribution in [-0.2, 0) is 25.8 Å². The normalized spacial score (nSPS) is 23.7. The molecule has 2 saturated heterocycles. The van der Waals surface area contributed by atoms with Gasteiger partial charge in [-0.25, -0.2) is 17.6 Å². The molecule has 0 spiro atoms. The number of carbonyl (C=O) groups is 3. The van der Waals surface area contributed by atoms with Crippen LogP contribution >= 0.6 is 0 Å². The van der Waals surface area contributed by atoms with E-state index >= 15 is 0 Å². The molecule has 0 aromatic heterocycles. The Kier molecular flexibility index (Phi) is 5.97. The van der Waals surface area contributed by atoms with Gasteiger partial charge in [-0.05, 0) is 37.0 Å². The monoisotopic (exact) mass is 411 g/mol. The number of urea groups is 1. The Bertz CT molecular complexity index is 889. The summed E-state index contributed by atoms with van der Waals surface area (Å²) in [5.74, 6) is -1.14. The first-order valence-electron chi connectivity index (χ1n) is 9.09. The summed E-state index contributed by atoms with van der Waals surface area (Å²) in [4.78, 5) is 37.5. The molecular weight excluding hydrogens is 389 g/mol. The van der Waals surface area contributed by atoms with Crippen molar-refractivity contribution in [2.45, 2.75) is 37.8 Å². The van der Waals surface area contributed by atoms with E-state index in [0.29, 0.717) is 18.4 Å². The lowest BCUT2D eigenvalue weighted by atomic mass is 10.1. The molecule has 0 bridgehead atoms. The van der Waals surface area contributed by atoms with Gasteiger partial charge in [0.05, 0.1) is 11.5 Å². The number of amides is 4. The molecule has 2 aliphatic heterocycles. The van der Waals surface area contributed by atoms with Crippen molar-refractivity contribution in [1.82, 2.24) is 15.5 Å². The number of carbonyl (C=O) groups excluding carboxylic acids is 3. The number of hydrogen-bond acceptors (Lipinski definition) is 5. The van der Waals surface area contributed by atoms with E-state index in [1.165, 1.54) is 12.1 Å². The van der Waals surface area contributed by atoms with Gasteiger partial charge in [-0.3, -0.25) is 14.5 Å². The van der Waals surface area contributed by atoms with Gasteiger partial charge in [-0.1, -0.05) is 12.1 Å². The fourth-order valence-corrected chi connectivity index (χ4v) is 5.08. The number of sulfone groups is 1. The first-order valence-corrected chi connectivity index (χ1v) is 10.9. The Labute approximate surface area is 162 Å². The average molecular weight is 411 g/mol. The third-order valence-electron chi connectivity index (χ3n) is 4.88. The largest absolute Gasteiger partial charge is 0.352 e. The second-order valence-corrected chi connectivity index (χ2v) is 9.31. The van der Waals surface area contributed by atoms with Crippen LogP contribution in [0, 0.1) is 5.82 Å². The minimum atomic E-state index is -3.08. The minimum Gasteiger partial charge on any atom is -0.352 e. The molecule has 4 amide bonds. The zero-order chi connectivity index (χ0) is 20.3. The number of halogens is 1. The summed E-state index contributed by atoms with van der Waals surface area (Å²) in [5.41, 5.74) is 0.676. The third-order valence-corrected chi connectivity index (χ3v) is 6.65. The maximum absolute atomic E-state index is 13.2. The van der Waals surface area contributed by atoms with Crippen LogP contribution in [0.5, 0.6) is 0 Å². The zero-order valence-electron chi connectivity index (χ0n) is 15.2. The molecule has 0 radical (unpaired) electrons. The van der Waals surface area contributed by atoms with E-state index in [4.69, 9.17) is 0 Å². The highest BCUT2D eigenvalue weighted by Gasteiger charge is 2.37. The molecule has 2 heterocycles. The maximum Gasteiger partial charge on any atom is 0.324 e. The Morgan fingerprint density at radius 3 is 2.79 bits per heavy atom. The van der Waals surface area contributed by atoms with Crippen LogP contribution in [0.1, 0.15) is 24.8 Å². The third kappa shape index (κ3) is 5.06. The number of benzene rings is 1. The predicted octanol–water partition coefficient (Wildman–Crippen LogP) is 0.372. The number of imide groups is 1. The first-order chi connectivity index (χ1) is 13.2. The van der Waals surface area contributed by atoms with Gasteiger partial charge in [0.2, 0.25) is 5.91 Å². The summed E-state index contributed by atoms with van der Waals surface area (Å²) in [6.07, 6.45) is 0.860. The van der Waals surface area contributed by atoms with Gasteiger partial charge in [0.25, 0.3) is 5.91 Å². The van der Waals surface area contributed by atoms with Crippen LogP contribution in [-0.4, -0.2) is 61.3 Å². The lowest BCUT2D eigenvalue weighted by Crippen LogP contribution is -2.37. The molecule has 2 atom stereocenters. The van der Waals surface area contributed by atoms with Crippen molar-refractivity contribution in [3.8, 4) is 0 Å². The van der Waals surface area contributed by atoms with Crippen molar-refractivity contribution in [3.05, 3.63) is 35.6 Å². The highest BCUT2D eigenvalue weighted by Crippen LogP contribution is 2.15. The predicted molar refractivity (Wildman–Crippen MR) is 98.6 cm³/mol. The van der Waals surface area contributed by atoms with Crippen LogP contribution in [0.3, 0.4) is 0 Å². The van der Waals surface area contributed by atoms with E-state index in [1.807, 2.05) is 0 Å². The topological polar surface area (TPSA) is 113 Å². The van der Waals surface area contributed by atoms with Crippen LogP contribution < -0.4 is 10.6 Å². The number of nitrogens with zero attached hydrogens (tertiary/aromatic N) is 1. The minimum absolute atomic E-state index is 0.00493. The van der Waals surface area contributed by atoms with Gasteiger partial charge >= 0.3 is 6.03 Å². The average Bonchev–Trinajstić information content (AvgIpc) is 3.09. The molecule has 2 N–H and O–H groups in total. The van der Waals surface area contributed by atoms with Crippen LogP contribution in [0.15, 0.2) is 24.3 Å². The van der Waals surface area contributed by atoms with Crippen LogP contribution in [0.25, 0.3) is 0 Å². The molecule has 3 rings (SSSR count). The summed E-state index contributed by atoms with van der Waals surface area (Å²) in [6, 6.07) is 4.23.